The minimum absolute atomic E-state index is 0.448. The standard InChI is InChI=1S/C15H18N2/c1-10-7-13(10)15(16-2)14-9-17-8-11-5-3-4-6-12(11)14/h3-6,8-10,13,15-16H,7H2,1-2H3. The van der Waals surface area contributed by atoms with E-state index in [1.807, 2.05) is 12.4 Å². The van der Waals surface area contributed by atoms with Gasteiger partial charge in [0.05, 0.1) is 0 Å². The predicted octanol–water partition coefficient (Wildman–Crippen LogP) is 3.15. The van der Waals surface area contributed by atoms with Crippen molar-refractivity contribution in [1.82, 2.24) is 10.3 Å². The number of aromatic nitrogens is 1. The Hall–Kier alpha value is -1.41. The van der Waals surface area contributed by atoms with Crippen LogP contribution in [-0.4, -0.2) is 12.0 Å². The first-order valence-corrected chi connectivity index (χ1v) is 6.31. The minimum Gasteiger partial charge on any atom is -0.313 e. The maximum Gasteiger partial charge on any atom is 0.0370 e. The molecule has 2 heteroatoms. The molecule has 88 valence electrons. The first kappa shape index (κ1) is 10.7. The molecule has 0 amide bonds. The summed E-state index contributed by atoms with van der Waals surface area (Å²) in [6.07, 6.45) is 5.30. The molecule has 2 nitrogen and oxygen atoms in total. The molecule has 3 atom stereocenters. The zero-order valence-corrected chi connectivity index (χ0v) is 10.4. The highest BCUT2D eigenvalue weighted by Crippen LogP contribution is 2.47. The van der Waals surface area contributed by atoms with Crippen molar-refractivity contribution in [3.63, 3.8) is 0 Å². The van der Waals surface area contributed by atoms with Gasteiger partial charge in [-0.3, -0.25) is 4.98 Å². The second kappa shape index (κ2) is 4.11. The summed E-state index contributed by atoms with van der Waals surface area (Å²) in [5.41, 5.74) is 1.35. The molecule has 3 rings (SSSR count). The number of rotatable bonds is 3. The van der Waals surface area contributed by atoms with E-state index in [2.05, 4.69) is 48.5 Å². The van der Waals surface area contributed by atoms with Gasteiger partial charge in [0.15, 0.2) is 0 Å². The average Bonchev–Trinajstić information content (AvgIpc) is 3.08. The number of nitrogens with zero attached hydrogens (tertiary/aromatic N) is 1. The predicted molar refractivity (Wildman–Crippen MR) is 70.8 cm³/mol. The zero-order valence-electron chi connectivity index (χ0n) is 10.4. The van der Waals surface area contributed by atoms with Crippen LogP contribution in [0.25, 0.3) is 10.8 Å². The maximum absolute atomic E-state index is 4.38. The molecule has 1 N–H and O–H groups in total. The van der Waals surface area contributed by atoms with Gasteiger partial charge in [0.25, 0.3) is 0 Å². The number of hydrogen-bond donors (Lipinski definition) is 1. The summed E-state index contributed by atoms with van der Waals surface area (Å²) < 4.78 is 0. The summed E-state index contributed by atoms with van der Waals surface area (Å²) >= 11 is 0. The van der Waals surface area contributed by atoms with Crippen LogP contribution in [0.3, 0.4) is 0 Å². The first-order valence-electron chi connectivity index (χ1n) is 6.31. The molecule has 0 radical (unpaired) electrons. The zero-order chi connectivity index (χ0) is 11.8. The number of fused-ring (bicyclic) bond motifs is 1. The molecule has 1 aromatic carbocycles. The topological polar surface area (TPSA) is 24.9 Å². The van der Waals surface area contributed by atoms with Crippen molar-refractivity contribution in [2.24, 2.45) is 11.8 Å². The second-order valence-corrected chi connectivity index (χ2v) is 5.09. The van der Waals surface area contributed by atoms with Gasteiger partial charge in [-0.1, -0.05) is 31.2 Å². The summed E-state index contributed by atoms with van der Waals surface area (Å²) in [6, 6.07) is 8.96. The van der Waals surface area contributed by atoms with Gasteiger partial charge in [-0.05, 0) is 36.3 Å². The van der Waals surface area contributed by atoms with E-state index in [1.165, 1.54) is 22.8 Å². The molecule has 0 spiro atoms. The van der Waals surface area contributed by atoms with Crippen LogP contribution in [0.5, 0.6) is 0 Å². The summed E-state index contributed by atoms with van der Waals surface area (Å²) in [5.74, 6) is 1.61. The van der Waals surface area contributed by atoms with Crippen molar-refractivity contribution in [3.05, 3.63) is 42.2 Å². The van der Waals surface area contributed by atoms with E-state index in [9.17, 15) is 0 Å². The lowest BCUT2D eigenvalue weighted by molar-refractivity contribution is 0.506. The van der Waals surface area contributed by atoms with E-state index < -0.39 is 0 Å². The van der Waals surface area contributed by atoms with Gasteiger partial charge in [-0.25, -0.2) is 0 Å². The van der Waals surface area contributed by atoms with E-state index in [0.29, 0.717) is 6.04 Å². The lowest BCUT2D eigenvalue weighted by Gasteiger charge is -2.18. The van der Waals surface area contributed by atoms with Crippen molar-refractivity contribution in [2.45, 2.75) is 19.4 Å². The Morgan fingerprint density at radius 2 is 2.06 bits per heavy atom. The highest BCUT2D eigenvalue weighted by atomic mass is 14.9. The molecular formula is C15H18N2. The van der Waals surface area contributed by atoms with Crippen molar-refractivity contribution in [1.29, 1.82) is 0 Å². The number of pyridine rings is 1. The van der Waals surface area contributed by atoms with E-state index in [4.69, 9.17) is 0 Å². The molecule has 0 saturated heterocycles. The van der Waals surface area contributed by atoms with Crippen LogP contribution in [0, 0.1) is 11.8 Å². The third-order valence-corrected chi connectivity index (χ3v) is 3.94. The van der Waals surface area contributed by atoms with Crippen LogP contribution in [0.4, 0.5) is 0 Å². The van der Waals surface area contributed by atoms with Crippen LogP contribution in [0.15, 0.2) is 36.7 Å². The molecule has 3 unspecified atom stereocenters. The molecule has 0 bridgehead atoms. The second-order valence-electron chi connectivity index (χ2n) is 5.09. The third kappa shape index (κ3) is 1.83. The smallest absolute Gasteiger partial charge is 0.0370 e. The quantitative estimate of drug-likeness (QED) is 0.869. The van der Waals surface area contributed by atoms with Crippen molar-refractivity contribution in [2.75, 3.05) is 7.05 Å². The maximum atomic E-state index is 4.38. The molecule has 1 aliphatic carbocycles. The highest BCUT2D eigenvalue weighted by molar-refractivity contribution is 5.85. The number of nitrogens with one attached hydrogen (secondary N) is 1. The summed E-state index contributed by atoms with van der Waals surface area (Å²) in [6.45, 7) is 2.33. The SMILES string of the molecule is CNC(c1cncc2ccccc12)C1CC1C. The summed E-state index contributed by atoms with van der Waals surface area (Å²) in [4.78, 5) is 4.38. The van der Waals surface area contributed by atoms with Crippen LogP contribution < -0.4 is 5.32 Å². The van der Waals surface area contributed by atoms with Crippen molar-refractivity contribution >= 4 is 10.8 Å². The fourth-order valence-corrected chi connectivity index (χ4v) is 2.80. The minimum atomic E-state index is 0.448. The van der Waals surface area contributed by atoms with Crippen LogP contribution in [-0.2, 0) is 0 Å². The largest absolute Gasteiger partial charge is 0.313 e. The molecule has 0 aliphatic heterocycles. The Balaban J connectivity index is 2.09. The van der Waals surface area contributed by atoms with Gasteiger partial charge in [0, 0.05) is 23.8 Å². The Bertz CT molecular complexity index is 530. The fourth-order valence-electron chi connectivity index (χ4n) is 2.80. The number of hydrogen-bond acceptors (Lipinski definition) is 2. The lowest BCUT2D eigenvalue weighted by Crippen LogP contribution is -2.19. The van der Waals surface area contributed by atoms with Crippen molar-refractivity contribution in [3.8, 4) is 0 Å². The average molecular weight is 226 g/mol. The Labute approximate surface area is 102 Å². The van der Waals surface area contributed by atoms with E-state index in [0.717, 1.165) is 11.8 Å². The first-order chi connectivity index (χ1) is 8.31. The number of benzene rings is 1. The molecule has 1 aromatic heterocycles. The van der Waals surface area contributed by atoms with Crippen molar-refractivity contribution < 1.29 is 0 Å². The van der Waals surface area contributed by atoms with E-state index >= 15 is 0 Å². The summed E-state index contributed by atoms with van der Waals surface area (Å²) in [7, 11) is 2.05. The van der Waals surface area contributed by atoms with E-state index in [1.54, 1.807) is 0 Å². The summed E-state index contributed by atoms with van der Waals surface area (Å²) in [5, 5.41) is 6.03. The molecule has 2 aromatic rings. The molecular weight excluding hydrogens is 208 g/mol. The Kier molecular flexibility index (Phi) is 2.60. The Morgan fingerprint density at radius 1 is 1.29 bits per heavy atom. The van der Waals surface area contributed by atoms with Crippen LogP contribution in [0.1, 0.15) is 24.9 Å². The van der Waals surface area contributed by atoms with Gasteiger partial charge < -0.3 is 5.32 Å². The van der Waals surface area contributed by atoms with Gasteiger partial charge in [-0.2, -0.15) is 0 Å². The molecule has 1 fully saturated rings. The van der Waals surface area contributed by atoms with Gasteiger partial charge >= 0.3 is 0 Å². The Morgan fingerprint density at radius 3 is 2.76 bits per heavy atom. The lowest BCUT2D eigenvalue weighted by atomic mass is 9.97. The van der Waals surface area contributed by atoms with Crippen LogP contribution >= 0.6 is 0 Å². The molecule has 1 aliphatic rings. The fraction of sp³-hybridized carbons (Fsp3) is 0.400. The monoisotopic (exact) mass is 226 g/mol. The van der Waals surface area contributed by atoms with E-state index in [-0.39, 0.29) is 0 Å². The third-order valence-electron chi connectivity index (χ3n) is 3.94. The molecule has 1 heterocycles. The van der Waals surface area contributed by atoms with Crippen LogP contribution in [0.2, 0.25) is 0 Å². The van der Waals surface area contributed by atoms with Gasteiger partial charge in [0.2, 0.25) is 0 Å². The molecule has 17 heavy (non-hydrogen) atoms. The normalized spacial score (nSPS) is 24.8. The van der Waals surface area contributed by atoms with Gasteiger partial charge in [0.1, 0.15) is 0 Å². The molecule has 1 saturated carbocycles. The van der Waals surface area contributed by atoms with Gasteiger partial charge in [-0.15, -0.1) is 0 Å². The highest BCUT2D eigenvalue weighted by Gasteiger charge is 2.39.